The number of hydrogen-bond donors (Lipinski definition) is 2. The smallest absolute Gasteiger partial charge is 0.262 e. The highest BCUT2D eigenvalue weighted by Crippen LogP contribution is 2.21. The van der Waals surface area contributed by atoms with Crippen molar-refractivity contribution in [1.82, 2.24) is 10.7 Å². The van der Waals surface area contributed by atoms with E-state index in [0.717, 1.165) is 11.1 Å². The van der Waals surface area contributed by atoms with E-state index in [4.69, 9.17) is 0 Å². The van der Waals surface area contributed by atoms with Crippen LogP contribution in [0.3, 0.4) is 0 Å². The molecule has 29 heavy (non-hydrogen) atoms. The van der Waals surface area contributed by atoms with Gasteiger partial charge in [0.2, 0.25) is 0 Å². The zero-order valence-corrected chi connectivity index (χ0v) is 18.1. The van der Waals surface area contributed by atoms with Gasteiger partial charge in [-0.3, -0.25) is 9.59 Å². The van der Waals surface area contributed by atoms with E-state index < -0.39 is 6.04 Å². The summed E-state index contributed by atoms with van der Waals surface area (Å²) in [6, 6.07) is 14.6. The third-order valence-electron chi connectivity index (χ3n) is 4.71. The molecular weight excluding hydrogens is 362 g/mol. The van der Waals surface area contributed by atoms with Gasteiger partial charge in [0, 0.05) is 5.56 Å². The summed E-state index contributed by atoms with van der Waals surface area (Å²) in [6.07, 6.45) is 1.60. The first kappa shape index (κ1) is 22.3. The molecule has 0 aromatic heterocycles. The Labute approximate surface area is 173 Å². The molecule has 0 fully saturated rings. The zero-order chi connectivity index (χ0) is 21.6. The van der Waals surface area contributed by atoms with Crippen molar-refractivity contribution in [3.05, 3.63) is 70.8 Å². The fourth-order valence-corrected chi connectivity index (χ4v) is 2.77. The molecule has 2 N–H and O–H groups in total. The summed E-state index contributed by atoms with van der Waals surface area (Å²) >= 11 is 0. The Morgan fingerprint density at radius 3 is 2.07 bits per heavy atom. The average Bonchev–Trinajstić information content (AvgIpc) is 2.65. The number of rotatable bonds is 6. The van der Waals surface area contributed by atoms with Crippen LogP contribution in [0.1, 0.15) is 61.7 Å². The highest BCUT2D eigenvalue weighted by atomic mass is 16.2. The lowest BCUT2D eigenvalue weighted by Crippen LogP contribution is -2.48. The maximum atomic E-state index is 12.5. The average molecular weight is 394 g/mol. The van der Waals surface area contributed by atoms with Crippen LogP contribution in [-0.2, 0) is 10.2 Å². The molecule has 0 radical (unpaired) electrons. The molecule has 0 saturated heterocycles. The first-order chi connectivity index (χ1) is 13.6. The Bertz CT molecular complexity index is 860. The van der Waals surface area contributed by atoms with Gasteiger partial charge < -0.3 is 5.32 Å². The van der Waals surface area contributed by atoms with Crippen molar-refractivity contribution in [1.29, 1.82) is 0 Å². The number of nitrogens with zero attached hydrogens (tertiary/aromatic N) is 1. The van der Waals surface area contributed by atoms with Gasteiger partial charge in [-0.15, -0.1) is 0 Å². The third-order valence-corrected chi connectivity index (χ3v) is 4.71. The van der Waals surface area contributed by atoms with E-state index in [1.807, 2.05) is 45.0 Å². The Morgan fingerprint density at radius 2 is 1.55 bits per heavy atom. The number of carbonyl (C=O) groups excluding carboxylic acids is 2. The first-order valence-corrected chi connectivity index (χ1v) is 9.89. The van der Waals surface area contributed by atoms with Crippen LogP contribution in [0.5, 0.6) is 0 Å². The lowest BCUT2D eigenvalue weighted by atomic mass is 9.87. The van der Waals surface area contributed by atoms with E-state index >= 15 is 0 Å². The van der Waals surface area contributed by atoms with Gasteiger partial charge in [0.15, 0.2) is 0 Å². The molecule has 1 unspecified atom stereocenters. The van der Waals surface area contributed by atoms with Crippen LogP contribution in [0.2, 0.25) is 0 Å². The van der Waals surface area contributed by atoms with Crippen molar-refractivity contribution in [3.63, 3.8) is 0 Å². The first-order valence-electron chi connectivity index (χ1n) is 9.89. The summed E-state index contributed by atoms with van der Waals surface area (Å²) in [5, 5.41) is 6.85. The van der Waals surface area contributed by atoms with Gasteiger partial charge in [-0.1, -0.05) is 76.6 Å². The number of carbonyl (C=O) groups is 2. The summed E-state index contributed by atoms with van der Waals surface area (Å²) in [6.45, 7) is 12.2. The number of hydrazone groups is 1. The van der Waals surface area contributed by atoms with Gasteiger partial charge in [-0.25, -0.2) is 5.43 Å². The Kier molecular flexibility index (Phi) is 7.32. The summed E-state index contributed by atoms with van der Waals surface area (Å²) in [4.78, 5) is 25.0. The van der Waals surface area contributed by atoms with Crippen LogP contribution in [-0.4, -0.2) is 24.1 Å². The van der Waals surface area contributed by atoms with Crippen molar-refractivity contribution in [2.75, 3.05) is 0 Å². The third kappa shape index (κ3) is 6.56. The van der Waals surface area contributed by atoms with Crippen LogP contribution in [0, 0.1) is 12.8 Å². The maximum absolute atomic E-state index is 12.5. The van der Waals surface area contributed by atoms with Crippen molar-refractivity contribution in [2.45, 2.75) is 53.0 Å². The minimum absolute atomic E-state index is 0.0781. The number of hydrogen-bond acceptors (Lipinski definition) is 3. The molecule has 2 amide bonds. The van der Waals surface area contributed by atoms with Crippen LogP contribution >= 0.6 is 0 Å². The van der Waals surface area contributed by atoms with Crippen LogP contribution in [0.15, 0.2) is 53.6 Å². The molecule has 1 atom stereocenters. The Balaban J connectivity index is 1.99. The van der Waals surface area contributed by atoms with Gasteiger partial charge in [0.1, 0.15) is 6.04 Å². The second-order valence-electron chi connectivity index (χ2n) is 8.67. The highest BCUT2D eigenvalue weighted by Gasteiger charge is 2.24. The van der Waals surface area contributed by atoms with E-state index in [1.54, 1.807) is 18.3 Å². The Morgan fingerprint density at radius 1 is 0.966 bits per heavy atom. The molecule has 0 spiro atoms. The van der Waals surface area contributed by atoms with Gasteiger partial charge in [-0.2, -0.15) is 5.10 Å². The van der Waals surface area contributed by atoms with Gasteiger partial charge in [-0.05, 0) is 41.5 Å². The maximum Gasteiger partial charge on any atom is 0.262 e. The minimum Gasteiger partial charge on any atom is -0.340 e. The number of aryl methyl sites for hydroxylation is 1. The molecule has 2 rings (SSSR count). The summed E-state index contributed by atoms with van der Waals surface area (Å²) in [5.74, 6) is -0.700. The number of benzene rings is 2. The van der Waals surface area contributed by atoms with Gasteiger partial charge in [0.25, 0.3) is 11.8 Å². The molecule has 154 valence electrons. The van der Waals surface area contributed by atoms with E-state index in [1.165, 1.54) is 5.56 Å². The molecule has 0 bridgehead atoms. The van der Waals surface area contributed by atoms with E-state index in [2.05, 4.69) is 48.7 Å². The Hall–Kier alpha value is -2.95. The predicted molar refractivity (Wildman–Crippen MR) is 118 cm³/mol. The van der Waals surface area contributed by atoms with Gasteiger partial charge >= 0.3 is 0 Å². The zero-order valence-electron chi connectivity index (χ0n) is 18.1. The topological polar surface area (TPSA) is 70.6 Å². The number of amides is 2. The standard InChI is InChI=1S/C24H31N3O2/c1-16(2)21(26-22(28)19-11-7-17(3)8-12-19)23(29)27-25-15-18-9-13-20(14-10-18)24(4,5)6/h7-16,21H,1-6H3,(H,26,28)(H,27,29). The quantitative estimate of drug-likeness (QED) is 0.570. The SMILES string of the molecule is Cc1ccc(C(=O)NC(C(=O)NN=Cc2ccc(C(C)(C)C)cc2)C(C)C)cc1. The fraction of sp³-hybridized carbons (Fsp3) is 0.375. The largest absolute Gasteiger partial charge is 0.340 e. The molecule has 2 aromatic rings. The molecule has 0 aliphatic heterocycles. The van der Waals surface area contributed by atoms with Crippen LogP contribution in [0.4, 0.5) is 0 Å². The molecule has 0 saturated carbocycles. The molecule has 5 heteroatoms. The fourth-order valence-electron chi connectivity index (χ4n) is 2.77. The van der Waals surface area contributed by atoms with Crippen LogP contribution in [0.25, 0.3) is 0 Å². The normalized spacial score (nSPS) is 12.8. The second-order valence-corrected chi connectivity index (χ2v) is 8.67. The van der Waals surface area contributed by atoms with Gasteiger partial charge in [0.05, 0.1) is 6.21 Å². The van der Waals surface area contributed by atoms with E-state index in [9.17, 15) is 9.59 Å². The van der Waals surface area contributed by atoms with Crippen LogP contribution < -0.4 is 10.7 Å². The molecular formula is C24H31N3O2. The molecule has 5 nitrogen and oxygen atoms in total. The second kappa shape index (κ2) is 9.50. The monoisotopic (exact) mass is 393 g/mol. The lowest BCUT2D eigenvalue weighted by molar-refractivity contribution is -0.123. The molecule has 2 aromatic carbocycles. The summed E-state index contributed by atoms with van der Waals surface area (Å²) in [5.41, 5.74) is 6.35. The predicted octanol–water partition coefficient (Wildman–Crippen LogP) is 4.20. The summed E-state index contributed by atoms with van der Waals surface area (Å²) in [7, 11) is 0. The van der Waals surface area contributed by atoms with E-state index in [0.29, 0.717) is 5.56 Å². The lowest BCUT2D eigenvalue weighted by Gasteiger charge is -2.20. The van der Waals surface area contributed by atoms with Crippen molar-refractivity contribution in [2.24, 2.45) is 11.0 Å². The molecule has 0 aliphatic carbocycles. The minimum atomic E-state index is -0.677. The van der Waals surface area contributed by atoms with Crippen molar-refractivity contribution in [3.8, 4) is 0 Å². The molecule has 0 aliphatic rings. The van der Waals surface area contributed by atoms with Crippen molar-refractivity contribution < 1.29 is 9.59 Å². The highest BCUT2D eigenvalue weighted by molar-refractivity contribution is 5.97. The summed E-state index contributed by atoms with van der Waals surface area (Å²) < 4.78 is 0. The molecule has 0 heterocycles. The van der Waals surface area contributed by atoms with Crippen molar-refractivity contribution >= 4 is 18.0 Å². The number of nitrogens with one attached hydrogen (secondary N) is 2. The van der Waals surface area contributed by atoms with E-state index in [-0.39, 0.29) is 23.1 Å².